The summed E-state index contributed by atoms with van der Waals surface area (Å²) in [7, 11) is 0. The van der Waals surface area contributed by atoms with Gasteiger partial charge in [0, 0.05) is 17.7 Å². The second-order valence-electron chi connectivity index (χ2n) is 10.0. The lowest BCUT2D eigenvalue weighted by atomic mass is 9.83. The van der Waals surface area contributed by atoms with E-state index in [-0.39, 0.29) is 23.1 Å². The molecule has 1 unspecified atom stereocenters. The lowest BCUT2D eigenvalue weighted by Gasteiger charge is -2.34. The monoisotopic (exact) mass is 417 g/mol. The minimum Gasteiger partial charge on any atom is -0.435 e. The summed E-state index contributed by atoms with van der Waals surface area (Å²) in [6.07, 6.45) is 0.117. The van der Waals surface area contributed by atoms with E-state index in [9.17, 15) is 14.7 Å². The smallest absolute Gasteiger partial charge is 0.411 e. The Morgan fingerprint density at radius 1 is 1.00 bits per heavy atom. The van der Waals surface area contributed by atoms with Crippen LogP contribution in [0.2, 0.25) is 0 Å². The Morgan fingerprint density at radius 2 is 1.50 bits per heavy atom. The number of Topliss-reactive ketones (excluding diaryl/α,β-unsaturated/α-hetero) is 1. The third kappa shape index (κ3) is 6.69. The molecular weight excluding hydrogens is 378 g/mol. The van der Waals surface area contributed by atoms with Gasteiger partial charge in [-0.1, -0.05) is 51.1 Å². The summed E-state index contributed by atoms with van der Waals surface area (Å²) in [5, 5.41) is 11.1. The number of benzene rings is 1. The second kappa shape index (κ2) is 9.78. The Hall–Kier alpha value is -2.14. The van der Waals surface area contributed by atoms with Gasteiger partial charge in [0.15, 0.2) is 5.60 Å². The number of allylic oxidation sites excluding steroid dienone is 1. The van der Waals surface area contributed by atoms with Gasteiger partial charge in [-0.2, -0.15) is 0 Å². The zero-order chi connectivity index (χ0) is 23.4. The molecule has 0 aliphatic rings. The molecule has 0 aliphatic carbocycles. The molecule has 0 heterocycles. The normalized spacial score (nSPS) is 14.1. The van der Waals surface area contributed by atoms with Crippen LogP contribution in [0, 0.1) is 12.3 Å². The number of aryl methyl sites for hydroxylation is 1. The molecule has 1 N–H and O–H groups in total. The largest absolute Gasteiger partial charge is 0.435 e. The number of aliphatic hydroxyl groups excluding tert-OH is 1. The highest BCUT2D eigenvalue weighted by molar-refractivity contribution is 6.03. The Morgan fingerprint density at radius 3 is 1.93 bits per heavy atom. The van der Waals surface area contributed by atoms with Crippen LogP contribution in [0.5, 0.6) is 0 Å². The van der Waals surface area contributed by atoms with Crippen molar-refractivity contribution in [3.05, 3.63) is 47.0 Å². The van der Waals surface area contributed by atoms with E-state index < -0.39 is 23.6 Å². The van der Waals surface area contributed by atoms with Crippen molar-refractivity contribution in [3.63, 3.8) is 0 Å². The van der Waals surface area contributed by atoms with Crippen molar-refractivity contribution in [3.8, 4) is 0 Å². The highest BCUT2D eigenvalue weighted by Crippen LogP contribution is 2.33. The standard InChI is InChI=1S/C25H39NO4/c1-16(2)26(17(3)4)23(29)30-25(9,10)22(28)20(15-24(6,7)8)21(27)19-14-12-11-13-18(19)5/h11-17,21,27H,1-10H3/b20-15-. The van der Waals surface area contributed by atoms with Crippen molar-refractivity contribution < 1.29 is 19.4 Å². The van der Waals surface area contributed by atoms with Crippen molar-refractivity contribution in [2.45, 2.75) is 93.0 Å². The molecule has 0 saturated carbocycles. The lowest BCUT2D eigenvalue weighted by molar-refractivity contribution is -0.133. The van der Waals surface area contributed by atoms with E-state index in [1.54, 1.807) is 24.8 Å². The minimum atomic E-state index is -1.43. The van der Waals surface area contributed by atoms with E-state index in [1.165, 1.54) is 0 Å². The lowest BCUT2D eigenvalue weighted by Crippen LogP contribution is -2.48. The summed E-state index contributed by atoms with van der Waals surface area (Å²) in [4.78, 5) is 28.0. The molecule has 0 spiro atoms. The van der Waals surface area contributed by atoms with Crippen molar-refractivity contribution >= 4 is 11.9 Å². The van der Waals surface area contributed by atoms with Crippen molar-refractivity contribution in [2.24, 2.45) is 5.41 Å². The Bertz CT molecular complexity index is 777. The summed E-state index contributed by atoms with van der Waals surface area (Å²) in [6.45, 7) is 18.6. The van der Waals surface area contributed by atoms with Crippen LogP contribution in [-0.2, 0) is 9.53 Å². The van der Waals surface area contributed by atoms with E-state index in [0.29, 0.717) is 5.56 Å². The van der Waals surface area contributed by atoms with E-state index in [4.69, 9.17) is 4.74 Å². The average molecular weight is 418 g/mol. The first-order valence-electron chi connectivity index (χ1n) is 10.6. The molecule has 5 heteroatoms. The zero-order valence-electron chi connectivity index (χ0n) is 20.2. The Labute approximate surface area is 182 Å². The number of ether oxygens (including phenoxy) is 1. The van der Waals surface area contributed by atoms with E-state index in [0.717, 1.165) is 5.56 Å². The molecule has 0 aromatic heterocycles. The summed E-state index contributed by atoms with van der Waals surface area (Å²) in [6, 6.07) is 7.29. The maximum absolute atomic E-state index is 13.5. The Kier molecular flexibility index (Phi) is 8.44. The van der Waals surface area contributed by atoms with Gasteiger partial charge in [-0.05, 0) is 65.0 Å². The molecule has 168 valence electrons. The fourth-order valence-corrected chi connectivity index (χ4v) is 3.48. The van der Waals surface area contributed by atoms with Gasteiger partial charge in [0.2, 0.25) is 5.78 Å². The molecular formula is C25H39NO4. The van der Waals surface area contributed by atoms with E-state index in [1.807, 2.05) is 79.7 Å². The van der Waals surface area contributed by atoms with Gasteiger partial charge < -0.3 is 14.7 Å². The van der Waals surface area contributed by atoms with Gasteiger partial charge in [-0.3, -0.25) is 4.79 Å². The number of carbonyl (C=O) groups is 2. The van der Waals surface area contributed by atoms with Crippen LogP contribution < -0.4 is 0 Å². The molecule has 1 rings (SSSR count). The van der Waals surface area contributed by atoms with Gasteiger partial charge in [0.1, 0.15) is 6.10 Å². The molecule has 1 aromatic carbocycles. The average Bonchev–Trinajstić information content (AvgIpc) is 2.56. The number of hydrogen-bond acceptors (Lipinski definition) is 4. The molecule has 5 nitrogen and oxygen atoms in total. The van der Waals surface area contributed by atoms with Crippen LogP contribution in [0.4, 0.5) is 4.79 Å². The van der Waals surface area contributed by atoms with Gasteiger partial charge in [-0.15, -0.1) is 0 Å². The fourth-order valence-electron chi connectivity index (χ4n) is 3.48. The first-order valence-corrected chi connectivity index (χ1v) is 10.6. The Balaban J connectivity index is 3.34. The van der Waals surface area contributed by atoms with Crippen LogP contribution >= 0.6 is 0 Å². The third-order valence-corrected chi connectivity index (χ3v) is 4.84. The minimum absolute atomic E-state index is 0.0643. The number of ketones is 1. The third-order valence-electron chi connectivity index (χ3n) is 4.84. The predicted molar refractivity (Wildman–Crippen MR) is 121 cm³/mol. The second-order valence-corrected chi connectivity index (χ2v) is 10.0. The molecule has 1 aromatic rings. The summed E-state index contributed by atoms with van der Waals surface area (Å²) < 4.78 is 5.68. The van der Waals surface area contributed by atoms with Crippen LogP contribution in [-0.4, -0.2) is 39.6 Å². The molecule has 0 aliphatic heterocycles. The summed E-state index contributed by atoms with van der Waals surface area (Å²) >= 11 is 0. The number of aliphatic hydroxyl groups is 1. The maximum Gasteiger partial charge on any atom is 0.411 e. The van der Waals surface area contributed by atoms with Gasteiger partial charge in [0.25, 0.3) is 0 Å². The summed E-state index contributed by atoms with van der Waals surface area (Å²) in [5.41, 5.74) is -0.000769. The quantitative estimate of drug-likeness (QED) is 0.586. The number of hydrogen-bond donors (Lipinski definition) is 1. The van der Waals surface area contributed by atoms with Crippen molar-refractivity contribution in [1.29, 1.82) is 0 Å². The van der Waals surface area contributed by atoms with Gasteiger partial charge >= 0.3 is 6.09 Å². The van der Waals surface area contributed by atoms with Crippen LogP contribution in [0.25, 0.3) is 0 Å². The maximum atomic E-state index is 13.5. The van der Waals surface area contributed by atoms with Crippen LogP contribution in [0.3, 0.4) is 0 Å². The number of nitrogens with zero attached hydrogens (tertiary/aromatic N) is 1. The SMILES string of the molecule is Cc1ccccc1C(O)/C(=C/C(C)(C)C)C(=O)C(C)(C)OC(=O)N(C(C)C)C(C)C. The van der Waals surface area contributed by atoms with Gasteiger partial charge in [-0.25, -0.2) is 4.79 Å². The van der Waals surface area contributed by atoms with Crippen LogP contribution in [0.1, 0.15) is 79.5 Å². The molecule has 0 fully saturated rings. The summed E-state index contributed by atoms with van der Waals surface area (Å²) in [5.74, 6) is -0.408. The molecule has 0 bridgehead atoms. The topological polar surface area (TPSA) is 66.8 Å². The van der Waals surface area contributed by atoms with Crippen LogP contribution in [0.15, 0.2) is 35.9 Å². The van der Waals surface area contributed by atoms with E-state index in [2.05, 4.69) is 0 Å². The fraction of sp³-hybridized carbons (Fsp3) is 0.600. The molecule has 0 saturated heterocycles. The molecule has 0 radical (unpaired) electrons. The van der Waals surface area contributed by atoms with Gasteiger partial charge in [0.05, 0.1) is 0 Å². The highest BCUT2D eigenvalue weighted by atomic mass is 16.6. The predicted octanol–water partition coefficient (Wildman–Crippen LogP) is 5.60. The number of amides is 1. The highest BCUT2D eigenvalue weighted by Gasteiger charge is 2.39. The molecule has 30 heavy (non-hydrogen) atoms. The molecule has 1 atom stereocenters. The zero-order valence-corrected chi connectivity index (χ0v) is 20.2. The molecule has 1 amide bonds. The number of rotatable bonds is 7. The van der Waals surface area contributed by atoms with Crippen molar-refractivity contribution in [2.75, 3.05) is 0 Å². The van der Waals surface area contributed by atoms with Crippen molar-refractivity contribution in [1.82, 2.24) is 4.90 Å². The number of carbonyl (C=O) groups excluding carboxylic acids is 2. The van der Waals surface area contributed by atoms with E-state index >= 15 is 0 Å². The first-order chi connectivity index (χ1) is 13.6. The first kappa shape index (κ1) is 25.9.